The van der Waals surface area contributed by atoms with Crippen molar-refractivity contribution >= 4 is 68.9 Å². The van der Waals surface area contributed by atoms with Gasteiger partial charge in [-0.15, -0.1) is 23.1 Å². The highest BCUT2D eigenvalue weighted by molar-refractivity contribution is 8.00. The number of amides is 2. The number of benzene rings is 4. The summed E-state index contributed by atoms with van der Waals surface area (Å²) in [5.41, 5.74) is 3.02. The van der Waals surface area contributed by atoms with E-state index in [1.54, 1.807) is 42.5 Å². The van der Waals surface area contributed by atoms with Crippen molar-refractivity contribution in [3.63, 3.8) is 0 Å². The highest BCUT2D eigenvalue weighted by atomic mass is 35.5. The molecule has 11 heteroatoms. The van der Waals surface area contributed by atoms with Gasteiger partial charge in [-0.3, -0.25) is 9.59 Å². The van der Waals surface area contributed by atoms with Crippen LogP contribution in [-0.4, -0.2) is 31.0 Å². The van der Waals surface area contributed by atoms with Crippen molar-refractivity contribution < 1.29 is 19.1 Å². The monoisotopic (exact) mass is 649 g/mol. The third-order valence-electron chi connectivity index (χ3n) is 6.28. The number of nitrogens with zero attached hydrogens (tertiary/aromatic N) is 1. The lowest BCUT2D eigenvalue weighted by atomic mass is 10.1. The molecule has 1 heterocycles. The van der Waals surface area contributed by atoms with E-state index in [0.29, 0.717) is 38.1 Å². The van der Waals surface area contributed by atoms with Gasteiger partial charge in [-0.2, -0.15) is 0 Å². The molecule has 2 amide bonds. The van der Waals surface area contributed by atoms with Crippen LogP contribution >= 0.6 is 46.3 Å². The minimum absolute atomic E-state index is 0.243. The van der Waals surface area contributed by atoms with E-state index in [0.717, 1.165) is 16.0 Å². The number of carbonyl (C=O) groups excluding carboxylic acids is 2. The van der Waals surface area contributed by atoms with E-state index in [1.165, 1.54) is 37.3 Å². The van der Waals surface area contributed by atoms with E-state index < -0.39 is 5.25 Å². The lowest BCUT2D eigenvalue weighted by Crippen LogP contribution is -2.19. The summed E-state index contributed by atoms with van der Waals surface area (Å²) in [6.07, 6.45) is 0. The molecule has 43 heavy (non-hydrogen) atoms. The molecule has 5 rings (SSSR count). The molecule has 0 aliphatic carbocycles. The number of methoxy groups -OCH3 is 2. The van der Waals surface area contributed by atoms with Crippen LogP contribution in [-0.2, 0) is 4.79 Å². The molecule has 0 aliphatic rings. The molecule has 1 unspecified atom stereocenters. The number of nitrogens with one attached hydrogen (secondary N) is 2. The van der Waals surface area contributed by atoms with Crippen LogP contribution in [0.5, 0.6) is 11.5 Å². The van der Waals surface area contributed by atoms with E-state index in [2.05, 4.69) is 15.6 Å². The fourth-order valence-corrected chi connectivity index (χ4v) is 6.58. The molecule has 0 saturated heterocycles. The van der Waals surface area contributed by atoms with Gasteiger partial charge >= 0.3 is 0 Å². The van der Waals surface area contributed by atoms with E-state index in [4.69, 9.17) is 32.7 Å². The van der Waals surface area contributed by atoms with Crippen molar-refractivity contribution in [2.24, 2.45) is 0 Å². The van der Waals surface area contributed by atoms with Crippen LogP contribution in [0, 0.1) is 0 Å². The molecule has 0 bridgehead atoms. The highest BCUT2D eigenvalue weighted by Gasteiger charge is 2.24. The molecule has 2 N–H and O–H groups in total. The maximum atomic E-state index is 13.7. The molecule has 218 valence electrons. The van der Waals surface area contributed by atoms with Crippen molar-refractivity contribution in [2.75, 3.05) is 24.9 Å². The van der Waals surface area contributed by atoms with E-state index in [-0.39, 0.29) is 17.4 Å². The van der Waals surface area contributed by atoms with Crippen LogP contribution in [0.4, 0.5) is 10.8 Å². The van der Waals surface area contributed by atoms with Crippen molar-refractivity contribution in [1.29, 1.82) is 0 Å². The minimum Gasteiger partial charge on any atom is -0.496 e. The lowest BCUT2D eigenvalue weighted by Gasteiger charge is -2.17. The molecule has 7 nitrogen and oxygen atoms in total. The first-order chi connectivity index (χ1) is 20.9. The Labute approximate surface area is 267 Å². The Hall–Kier alpha value is -4.02. The van der Waals surface area contributed by atoms with Crippen LogP contribution in [0.25, 0.3) is 11.3 Å². The highest BCUT2D eigenvalue weighted by Crippen LogP contribution is 2.39. The zero-order valence-corrected chi connectivity index (χ0v) is 26.1. The second-order valence-electron chi connectivity index (χ2n) is 9.08. The summed E-state index contributed by atoms with van der Waals surface area (Å²) >= 11 is 15.1. The number of anilines is 2. The average Bonchev–Trinajstić information content (AvgIpc) is 3.47. The SMILES string of the molecule is COc1cccc(OC)c1C(=O)Nc1cccc(SC(C(=O)Nc2nc(-c3ccc(Cl)cc3Cl)cs2)c2ccccc2)c1. The predicted molar refractivity (Wildman–Crippen MR) is 175 cm³/mol. The van der Waals surface area contributed by atoms with Crippen molar-refractivity contribution in [3.8, 4) is 22.8 Å². The fraction of sp³-hybridized carbons (Fsp3) is 0.0938. The number of ether oxygens (including phenoxy) is 2. The molecule has 0 saturated carbocycles. The molecular formula is C32H25Cl2N3O4S2. The molecule has 0 spiro atoms. The number of rotatable bonds is 10. The number of aromatic nitrogens is 1. The van der Waals surface area contributed by atoms with Crippen LogP contribution in [0.2, 0.25) is 10.0 Å². The summed E-state index contributed by atoms with van der Waals surface area (Å²) in [4.78, 5) is 32.2. The first-order valence-electron chi connectivity index (χ1n) is 12.9. The summed E-state index contributed by atoms with van der Waals surface area (Å²) in [6, 6.07) is 27.1. The molecule has 1 aromatic heterocycles. The first-order valence-corrected chi connectivity index (χ1v) is 15.4. The van der Waals surface area contributed by atoms with Gasteiger partial charge in [-0.05, 0) is 54.1 Å². The Morgan fingerprint density at radius 3 is 2.28 bits per heavy atom. The number of thioether (sulfide) groups is 1. The zero-order chi connectivity index (χ0) is 30.3. The van der Waals surface area contributed by atoms with Crippen LogP contribution < -0.4 is 20.1 Å². The zero-order valence-electron chi connectivity index (χ0n) is 23.0. The molecular weight excluding hydrogens is 625 g/mol. The fourth-order valence-electron chi connectivity index (χ4n) is 4.28. The van der Waals surface area contributed by atoms with Crippen LogP contribution in [0.15, 0.2) is 101 Å². The normalized spacial score (nSPS) is 11.4. The number of hydrogen-bond acceptors (Lipinski definition) is 7. The number of hydrogen-bond donors (Lipinski definition) is 2. The summed E-state index contributed by atoms with van der Waals surface area (Å²) in [5.74, 6) is 0.167. The van der Waals surface area contributed by atoms with Crippen LogP contribution in [0.3, 0.4) is 0 Å². The third kappa shape index (κ3) is 7.32. The Balaban J connectivity index is 1.36. The van der Waals surface area contributed by atoms with Gasteiger partial charge in [-0.25, -0.2) is 4.98 Å². The summed E-state index contributed by atoms with van der Waals surface area (Å²) in [7, 11) is 2.99. The first kappa shape index (κ1) is 30.4. The molecule has 4 aromatic carbocycles. The number of thiazole rings is 1. The van der Waals surface area contributed by atoms with Crippen molar-refractivity contribution in [2.45, 2.75) is 10.1 Å². The van der Waals surface area contributed by atoms with Gasteiger partial charge in [0.15, 0.2) is 5.13 Å². The summed E-state index contributed by atoms with van der Waals surface area (Å²) < 4.78 is 10.8. The summed E-state index contributed by atoms with van der Waals surface area (Å²) in [6.45, 7) is 0. The predicted octanol–water partition coefficient (Wildman–Crippen LogP) is 8.86. The largest absolute Gasteiger partial charge is 0.496 e. The Morgan fingerprint density at radius 1 is 0.860 bits per heavy atom. The van der Waals surface area contributed by atoms with Gasteiger partial charge in [0, 0.05) is 26.5 Å². The Kier molecular flexibility index (Phi) is 9.89. The van der Waals surface area contributed by atoms with E-state index in [1.807, 2.05) is 53.9 Å². The smallest absolute Gasteiger partial charge is 0.263 e. The van der Waals surface area contributed by atoms with Gasteiger partial charge in [0.25, 0.3) is 5.91 Å². The molecule has 0 aliphatic heterocycles. The Morgan fingerprint density at radius 2 is 1.58 bits per heavy atom. The van der Waals surface area contributed by atoms with Gasteiger partial charge in [0.05, 0.1) is 24.9 Å². The lowest BCUT2D eigenvalue weighted by molar-refractivity contribution is -0.115. The molecule has 5 aromatic rings. The quantitative estimate of drug-likeness (QED) is 0.147. The summed E-state index contributed by atoms with van der Waals surface area (Å²) in [5, 5.41) is 8.55. The van der Waals surface area contributed by atoms with Crippen molar-refractivity contribution in [3.05, 3.63) is 118 Å². The third-order valence-corrected chi connectivity index (χ3v) is 8.84. The average molecular weight is 651 g/mol. The number of halogens is 2. The number of carbonyl (C=O) groups is 2. The molecule has 1 atom stereocenters. The standard InChI is InChI=1S/C32H25Cl2N3O4S2/c1-40-26-12-7-13-27(41-2)28(26)30(38)35-21-10-6-11-22(17-21)43-29(19-8-4-3-5-9-19)31(39)37-32-36-25(18-42-32)23-15-14-20(33)16-24(23)34/h3-18,29H,1-2H3,(H,35,38)(H,36,37,39). The second kappa shape index (κ2) is 14.0. The van der Waals surface area contributed by atoms with Gasteiger partial charge < -0.3 is 20.1 Å². The Bertz CT molecular complexity index is 1740. The molecule has 0 radical (unpaired) electrons. The van der Waals surface area contributed by atoms with Gasteiger partial charge in [0.2, 0.25) is 5.91 Å². The maximum Gasteiger partial charge on any atom is 0.263 e. The van der Waals surface area contributed by atoms with E-state index >= 15 is 0 Å². The molecule has 0 fully saturated rings. The van der Waals surface area contributed by atoms with E-state index in [9.17, 15) is 9.59 Å². The maximum absolute atomic E-state index is 13.7. The van der Waals surface area contributed by atoms with Gasteiger partial charge in [-0.1, -0.05) is 65.7 Å². The van der Waals surface area contributed by atoms with Gasteiger partial charge in [0.1, 0.15) is 22.3 Å². The topological polar surface area (TPSA) is 89.5 Å². The minimum atomic E-state index is -0.604. The van der Waals surface area contributed by atoms with Crippen molar-refractivity contribution in [1.82, 2.24) is 4.98 Å². The second-order valence-corrected chi connectivity index (χ2v) is 12.0. The van der Waals surface area contributed by atoms with Crippen LogP contribution in [0.1, 0.15) is 21.2 Å².